The van der Waals surface area contributed by atoms with Crippen LogP contribution >= 0.6 is 0 Å². The van der Waals surface area contributed by atoms with Crippen molar-refractivity contribution >= 4 is 0 Å². The molecular formula is C17H22N2O. The first-order valence-corrected chi connectivity index (χ1v) is 7.49. The first kappa shape index (κ1) is 13.6. The zero-order chi connectivity index (χ0) is 14.3. The predicted molar refractivity (Wildman–Crippen MR) is 78.2 cm³/mol. The maximum Gasteiger partial charge on any atom is 0.0995 e. The number of fused-ring (bicyclic) bond motifs is 2. The topological polar surface area (TPSA) is 47.3 Å². The number of aliphatic hydroxyl groups is 1. The van der Waals surface area contributed by atoms with Crippen LogP contribution in [0.15, 0.2) is 18.2 Å². The Bertz CT molecular complexity index is 547. The van der Waals surface area contributed by atoms with E-state index in [-0.39, 0.29) is 0 Å². The third kappa shape index (κ3) is 2.04. The second kappa shape index (κ2) is 4.87. The smallest absolute Gasteiger partial charge is 0.0995 e. The molecule has 0 radical (unpaired) electrons. The van der Waals surface area contributed by atoms with E-state index in [1.807, 2.05) is 25.1 Å². The summed E-state index contributed by atoms with van der Waals surface area (Å²) in [4.78, 5) is 2.43. The third-order valence-corrected chi connectivity index (χ3v) is 5.23. The van der Waals surface area contributed by atoms with E-state index in [2.05, 4.69) is 18.0 Å². The average molecular weight is 270 g/mol. The molecule has 0 saturated carbocycles. The van der Waals surface area contributed by atoms with Crippen LogP contribution in [0.25, 0.3) is 0 Å². The molecule has 2 bridgehead atoms. The molecule has 3 heteroatoms. The molecular weight excluding hydrogens is 248 g/mol. The molecule has 0 aliphatic carbocycles. The fourth-order valence-electron chi connectivity index (χ4n) is 4.23. The summed E-state index contributed by atoms with van der Waals surface area (Å²) < 4.78 is 0. The van der Waals surface area contributed by atoms with Crippen LogP contribution in [-0.4, -0.2) is 29.1 Å². The van der Waals surface area contributed by atoms with Gasteiger partial charge in [-0.3, -0.25) is 0 Å². The molecule has 1 aromatic rings. The number of hydrogen-bond donors (Lipinski definition) is 1. The molecule has 0 spiro atoms. The molecule has 1 aromatic carbocycles. The van der Waals surface area contributed by atoms with Gasteiger partial charge in [0.25, 0.3) is 0 Å². The predicted octanol–water partition coefficient (Wildman–Crippen LogP) is 2.70. The number of benzene rings is 1. The Hall–Kier alpha value is -1.37. The normalized spacial score (nSPS) is 33.7. The number of nitriles is 1. The van der Waals surface area contributed by atoms with Gasteiger partial charge < -0.3 is 10.0 Å². The second-order valence-electron chi connectivity index (χ2n) is 6.45. The molecule has 1 N–H and O–H groups in total. The van der Waals surface area contributed by atoms with Crippen LogP contribution in [0.5, 0.6) is 0 Å². The highest BCUT2D eigenvalue weighted by Crippen LogP contribution is 2.45. The molecule has 2 heterocycles. The molecule has 2 saturated heterocycles. The summed E-state index contributed by atoms with van der Waals surface area (Å²) in [6, 6.07) is 8.88. The first-order valence-electron chi connectivity index (χ1n) is 7.49. The minimum absolute atomic E-state index is 0.443. The van der Waals surface area contributed by atoms with Crippen molar-refractivity contribution in [2.45, 2.75) is 56.7 Å². The fourth-order valence-corrected chi connectivity index (χ4v) is 4.23. The number of hydrogen-bond acceptors (Lipinski definition) is 3. The quantitative estimate of drug-likeness (QED) is 0.853. The lowest BCUT2D eigenvalue weighted by atomic mass is 9.71. The molecule has 2 aliphatic heterocycles. The highest BCUT2D eigenvalue weighted by atomic mass is 16.3. The lowest BCUT2D eigenvalue weighted by Gasteiger charge is -2.51. The zero-order valence-electron chi connectivity index (χ0n) is 12.3. The van der Waals surface area contributed by atoms with Crippen molar-refractivity contribution in [1.82, 2.24) is 4.90 Å². The minimum atomic E-state index is -0.835. The summed E-state index contributed by atoms with van der Waals surface area (Å²) in [5.41, 5.74) is 1.70. The lowest BCUT2D eigenvalue weighted by Crippen LogP contribution is -2.55. The molecule has 0 aromatic heterocycles. The van der Waals surface area contributed by atoms with Crippen molar-refractivity contribution in [2.24, 2.45) is 0 Å². The maximum absolute atomic E-state index is 11.3. The van der Waals surface area contributed by atoms with Crippen LogP contribution in [-0.2, 0) is 5.60 Å². The summed E-state index contributed by atoms with van der Waals surface area (Å²) in [7, 11) is 2.18. The van der Waals surface area contributed by atoms with Crippen LogP contribution in [0, 0.1) is 18.3 Å². The zero-order valence-corrected chi connectivity index (χ0v) is 12.3. The molecule has 3 rings (SSSR count). The monoisotopic (exact) mass is 270 g/mol. The van der Waals surface area contributed by atoms with Gasteiger partial charge in [0, 0.05) is 17.6 Å². The molecule has 2 fully saturated rings. The van der Waals surface area contributed by atoms with E-state index in [1.165, 1.54) is 6.42 Å². The van der Waals surface area contributed by atoms with Gasteiger partial charge in [0.1, 0.15) is 0 Å². The van der Waals surface area contributed by atoms with Gasteiger partial charge in [0.2, 0.25) is 0 Å². The van der Waals surface area contributed by atoms with E-state index in [0.29, 0.717) is 17.6 Å². The molecule has 2 unspecified atom stereocenters. The van der Waals surface area contributed by atoms with E-state index in [1.54, 1.807) is 0 Å². The number of piperidine rings is 2. The Balaban J connectivity index is 2.04. The number of nitrogens with zero attached hydrogens (tertiary/aromatic N) is 2. The summed E-state index contributed by atoms with van der Waals surface area (Å²) in [6.45, 7) is 2.00. The molecule has 20 heavy (non-hydrogen) atoms. The Morgan fingerprint density at radius 3 is 2.55 bits per heavy atom. The minimum Gasteiger partial charge on any atom is -0.385 e. The SMILES string of the molecule is Cc1cccc(C#N)c1C1(O)CC2CCCC(C1)N2C. The largest absolute Gasteiger partial charge is 0.385 e. The Morgan fingerprint density at radius 2 is 1.95 bits per heavy atom. The van der Waals surface area contributed by atoms with E-state index >= 15 is 0 Å². The van der Waals surface area contributed by atoms with Gasteiger partial charge >= 0.3 is 0 Å². The van der Waals surface area contributed by atoms with Crippen molar-refractivity contribution in [1.29, 1.82) is 5.26 Å². The Morgan fingerprint density at radius 1 is 1.30 bits per heavy atom. The molecule has 0 amide bonds. The van der Waals surface area contributed by atoms with Crippen LogP contribution < -0.4 is 0 Å². The molecule has 3 nitrogen and oxygen atoms in total. The lowest BCUT2D eigenvalue weighted by molar-refractivity contribution is -0.0879. The van der Waals surface area contributed by atoms with Gasteiger partial charge in [0.15, 0.2) is 0 Å². The molecule has 2 aliphatic rings. The Labute approximate surface area is 120 Å². The summed E-state index contributed by atoms with van der Waals surface area (Å²) in [6.07, 6.45) is 5.07. The van der Waals surface area contributed by atoms with Gasteiger partial charge in [-0.05, 0) is 51.3 Å². The van der Waals surface area contributed by atoms with E-state index < -0.39 is 5.60 Å². The number of aryl methyl sites for hydroxylation is 1. The van der Waals surface area contributed by atoms with Gasteiger partial charge in [-0.15, -0.1) is 0 Å². The molecule has 2 atom stereocenters. The Kier molecular flexibility index (Phi) is 3.32. The average Bonchev–Trinajstić information content (AvgIpc) is 2.40. The summed E-state index contributed by atoms with van der Waals surface area (Å²) in [5.74, 6) is 0. The van der Waals surface area contributed by atoms with Gasteiger partial charge in [-0.25, -0.2) is 0 Å². The standard InChI is InChI=1S/C17H22N2O/c1-12-5-3-6-13(11-18)16(12)17(20)9-14-7-4-8-15(10-17)19(14)2/h3,5-6,14-15,20H,4,7-10H2,1-2H3. The van der Waals surface area contributed by atoms with E-state index in [9.17, 15) is 10.4 Å². The maximum atomic E-state index is 11.3. The van der Waals surface area contributed by atoms with E-state index in [4.69, 9.17) is 0 Å². The van der Waals surface area contributed by atoms with Crippen LogP contribution in [0.2, 0.25) is 0 Å². The van der Waals surface area contributed by atoms with Crippen molar-refractivity contribution in [2.75, 3.05) is 7.05 Å². The first-order chi connectivity index (χ1) is 9.55. The van der Waals surface area contributed by atoms with Gasteiger partial charge in [-0.2, -0.15) is 5.26 Å². The molecule has 106 valence electrons. The van der Waals surface area contributed by atoms with Gasteiger partial charge in [0.05, 0.1) is 17.2 Å². The van der Waals surface area contributed by atoms with Crippen LogP contribution in [0.4, 0.5) is 0 Å². The van der Waals surface area contributed by atoms with Gasteiger partial charge in [-0.1, -0.05) is 18.6 Å². The highest BCUT2D eigenvalue weighted by molar-refractivity contribution is 5.46. The van der Waals surface area contributed by atoms with Crippen LogP contribution in [0.1, 0.15) is 48.8 Å². The highest BCUT2D eigenvalue weighted by Gasteiger charge is 2.46. The fraction of sp³-hybridized carbons (Fsp3) is 0.588. The number of rotatable bonds is 1. The summed E-state index contributed by atoms with van der Waals surface area (Å²) >= 11 is 0. The van der Waals surface area contributed by atoms with Crippen molar-refractivity contribution < 1.29 is 5.11 Å². The van der Waals surface area contributed by atoms with E-state index in [0.717, 1.165) is 36.8 Å². The third-order valence-electron chi connectivity index (χ3n) is 5.23. The summed E-state index contributed by atoms with van der Waals surface area (Å²) in [5, 5.41) is 20.7. The second-order valence-corrected chi connectivity index (χ2v) is 6.45. The van der Waals surface area contributed by atoms with Crippen molar-refractivity contribution in [3.05, 3.63) is 34.9 Å². The van der Waals surface area contributed by atoms with Crippen molar-refractivity contribution in [3.8, 4) is 6.07 Å². The van der Waals surface area contributed by atoms with Crippen molar-refractivity contribution in [3.63, 3.8) is 0 Å². The van der Waals surface area contributed by atoms with Crippen LogP contribution in [0.3, 0.4) is 0 Å².